The van der Waals surface area contributed by atoms with Crippen molar-refractivity contribution in [1.82, 2.24) is 20.1 Å². The summed E-state index contributed by atoms with van der Waals surface area (Å²) in [6.45, 7) is 5.08. The van der Waals surface area contributed by atoms with E-state index >= 15 is 0 Å². The molecule has 0 unspecified atom stereocenters. The van der Waals surface area contributed by atoms with Gasteiger partial charge in [0.05, 0.1) is 12.6 Å². The van der Waals surface area contributed by atoms with Crippen molar-refractivity contribution < 1.29 is 9.53 Å². The molecule has 0 saturated heterocycles. The van der Waals surface area contributed by atoms with Gasteiger partial charge in [-0.25, -0.2) is 4.98 Å². The molecule has 1 aliphatic rings. The Kier molecular flexibility index (Phi) is 4.52. The first kappa shape index (κ1) is 14.0. The molecule has 1 aromatic heterocycles. The molecule has 6 nitrogen and oxygen atoms in total. The second kappa shape index (κ2) is 6.14. The lowest BCUT2D eigenvalue weighted by molar-refractivity contribution is -0.133. The van der Waals surface area contributed by atoms with Gasteiger partial charge in [-0.1, -0.05) is 0 Å². The second-order valence-corrected chi connectivity index (χ2v) is 5.21. The highest BCUT2D eigenvalue weighted by molar-refractivity contribution is 5.76. The van der Waals surface area contributed by atoms with Crippen LogP contribution >= 0.6 is 0 Å². The van der Waals surface area contributed by atoms with Crippen molar-refractivity contribution in [3.05, 3.63) is 11.6 Å². The number of aryl methyl sites for hydroxylation is 1. The predicted octanol–water partition coefficient (Wildman–Crippen LogP) is 1.28. The topological polar surface area (TPSA) is 71.1 Å². The number of aromatic nitrogens is 3. The van der Waals surface area contributed by atoms with Gasteiger partial charge >= 0.3 is 0 Å². The van der Waals surface area contributed by atoms with Crippen molar-refractivity contribution in [3.8, 4) is 0 Å². The number of nitrogens with zero attached hydrogens (tertiary/aromatic N) is 3. The van der Waals surface area contributed by atoms with Crippen LogP contribution in [0.2, 0.25) is 0 Å². The maximum Gasteiger partial charge on any atom is 0.222 e. The normalized spacial score (nSPS) is 22.1. The van der Waals surface area contributed by atoms with Gasteiger partial charge in [0.1, 0.15) is 5.82 Å². The summed E-state index contributed by atoms with van der Waals surface area (Å²) in [5.41, 5.74) is 0. The number of hydrogen-bond donors (Lipinski definition) is 1. The number of carbonyl (C=O) groups is 1. The van der Waals surface area contributed by atoms with Crippen LogP contribution in [-0.2, 0) is 16.1 Å². The summed E-state index contributed by atoms with van der Waals surface area (Å²) in [4.78, 5) is 17.9. The monoisotopic (exact) mass is 266 g/mol. The molecule has 1 aliphatic carbocycles. The fourth-order valence-corrected chi connectivity index (χ4v) is 2.38. The number of rotatable bonds is 6. The molecule has 0 aromatic carbocycles. The van der Waals surface area contributed by atoms with Gasteiger partial charge in [0.25, 0.3) is 0 Å². The molecule has 19 heavy (non-hydrogen) atoms. The SMILES string of the molecule is CCOC1CC(CC(=O)N(C)Cc2n[nH]c(C)n2)C1. The van der Waals surface area contributed by atoms with Crippen LogP contribution in [0.25, 0.3) is 0 Å². The Morgan fingerprint density at radius 1 is 1.53 bits per heavy atom. The number of nitrogens with one attached hydrogen (secondary N) is 1. The lowest BCUT2D eigenvalue weighted by Crippen LogP contribution is -2.36. The Morgan fingerprint density at radius 3 is 2.84 bits per heavy atom. The smallest absolute Gasteiger partial charge is 0.222 e. The van der Waals surface area contributed by atoms with E-state index in [0.717, 1.165) is 25.3 Å². The summed E-state index contributed by atoms with van der Waals surface area (Å²) in [5.74, 6) is 2.06. The number of hydrogen-bond acceptors (Lipinski definition) is 4. The van der Waals surface area contributed by atoms with Gasteiger partial charge in [-0.15, -0.1) is 0 Å². The summed E-state index contributed by atoms with van der Waals surface area (Å²) in [6, 6.07) is 0. The highest BCUT2D eigenvalue weighted by Gasteiger charge is 2.31. The van der Waals surface area contributed by atoms with Crippen LogP contribution in [0.4, 0.5) is 0 Å². The summed E-state index contributed by atoms with van der Waals surface area (Å²) in [7, 11) is 1.80. The summed E-state index contributed by atoms with van der Waals surface area (Å²) in [6.07, 6.45) is 2.98. The average Bonchev–Trinajstić information content (AvgIpc) is 2.71. The molecule has 1 amide bonds. The first-order valence-electron chi connectivity index (χ1n) is 6.82. The van der Waals surface area contributed by atoms with Gasteiger partial charge < -0.3 is 9.64 Å². The highest BCUT2D eigenvalue weighted by atomic mass is 16.5. The van der Waals surface area contributed by atoms with E-state index in [1.807, 2.05) is 13.8 Å². The molecule has 1 saturated carbocycles. The largest absolute Gasteiger partial charge is 0.378 e. The molecule has 1 aromatic rings. The minimum absolute atomic E-state index is 0.155. The number of ether oxygens (including phenoxy) is 1. The number of amides is 1. The van der Waals surface area contributed by atoms with Crippen LogP contribution in [0.15, 0.2) is 0 Å². The molecule has 0 spiro atoms. The van der Waals surface area contributed by atoms with Crippen molar-refractivity contribution in [2.24, 2.45) is 5.92 Å². The van der Waals surface area contributed by atoms with Crippen molar-refractivity contribution in [1.29, 1.82) is 0 Å². The highest BCUT2D eigenvalue weighted by Crippen LogP contribution is 2.33. The third-order valence-corrected chi connectivity index (χ3v) is 3.51. The fraction of sp³-hybridized carbons (Fsp3) is 0.769. The summed E-state index contributed by atoms with van der Waals surface area (Å²) >= 11 is 0. The lowest BCUT2D eigenvalue weighted by atomic mass is 9.80. The Bertz CT molecular complexity index is 426. The van der Waals surface area contributed by atoms with Gasteiger partial charge in [-0.2, -0.15) is 5.10 Å². The molecular formula is C13H22N4O2. The van der Waals surface area contributed by atoms with E-state index in [2.05, 4.69) is 15.2 Å². The van der Waals surface area contributed by atoms with Gasteiger partial charge in [0.15, 0.2) is 5.82 Å². The number of aromatic amines is 1. The standard InChI is InChI=1S/C13H22N4O2/c1-4-19-11-5-10(6-11)7-13(18)17(3)8-12-14-9(2)15-16-12/h10-11H,4-8H2,1-3H3,(H,14,15,16). The first-order chi connectivity index (χ1) is 9.08. The number of carbonyl (C=O) groups excluding carboxylic acids is 1. The molecule has 1 heterocycles. The van der Waals surface area contributed by atoms with Crippen LogP contribution in [-0.4, -0.2) is 45.7 Å². The molecule has 1 fully saturated rings. The van der Waals surface area contributed by atoms with E-state index in [4.69, 9.17) is 4.74 Å². The lowest BCUT2D eigenvalue weighted by Gasteiger charge is -2.35. The second-order valence-electron chi connectivity index (χ2n) is 5.21. The van der Waals surface area contributed by atoms with Gasteiger partial charge in [-0.3, -0.25) is 9.89 Å². The van der Waals surface area contributed by atoms with E-state index in [9.17, 15) is 4.79 Å². The minimum Gasteiger partial charge on any atom is -0.378 e. The van der Waals surface area contributed by atoms with E-state index in [1.165, 1.54) is 0 Å². The van der Waals surface area contributed by atoms with Crippen LogP contribution in [0, 0.1) is 12.8 Å². The van der Waals surface area contributed by atoms with Crippen molar-refractivity contribution in [2.45, 2.75) is 45.8 Å². The zero-order valence-electron chi connectivity index (χ0n) is 11.8. The maximum atomic E-state index is 12.0. The van der Waals surface area contributed by atoms with Crippen LogP contribution in [0.3, 0.4) is 0 Å². The summed E-state index contributed by atoms with van der Waals surface area (Å²) < 4.78 is 5.50. The molecule has 0 atom stereocenters. The fourth-order valence-electron chi connectivity index (χ4n) is 2.38. The minimum atomic E-state index is 0.155. The third kappa shape index (κ3) is 3.76. The summed E-state index contributed by atoms with van der Waals surface area (Å²) in [5, 5.41) is 6.82. The number of H-pyrrole nitrogens is 1. The molecular weight excluding hydrogens is 244 g/mol. The molecule has 0 aliphatic heterocycles. The van der Waals surface area contributed by atoms with E-state index in [0.29, 0.717) is 30.8 Å². The quantitative estimate of drug-likeness (QED) is 0.842. The predicted molar refractivity (Wildman–Crippen MR) is 70.3 cm³/mol. The molecule has 6 heteroatoms. The zero-order chi connectivity index (χ0) is 13.8. The zero-order valence-corrected chi connectivity index (χ0v) is 11.8. The Labute approximate surface area is 113 Å². The molecule has 0 bridgehead atoms. The van der Waals surface area contributed by atoms with E-state index in [-0.39, 0.29) is 5.91 Å². The van der Waals surface area contributed by atoms with Crippen molar-refractivity contribution in [2.75, 3.05) is 13.7 Å². The molecule has 0 radical (unpaired) electrons. The van der Waals surface area contributed by atoms with Gasteiger partial charge in [0, 0.05) is 20.1 Å². The van der Waals surface area contributed by atoms with Gasteiger partial charge in [-0.05, 0) is 32.6 Å². The van der Waals surface area contributed by atoms with Crippen LogP contribution in [0.1, 0.15) is 37.8 Å². The van der Waals surface area contributed by atoms with Gasteiger partial charge in [0.2, 0.25) is 5.91 Å². The maximum absolute atomic E-state index is 12.0. The Hall–Kier alpha value is -1.43. The van der Waals surface area contributed by atoms with Crippen molar-refractivity contribution >= 4 is 5.91 Å². The molecule has 106 valence electrons. The Morgan fingerprint density at radius 2 is 2.26 bits per heavy atom. The first-order valence-corrected chi connectivity index (χ1v) is 6.82. The van der Waals surface area contributed by atoms with E-state index < -0.39 is 0 Å². The third-order valence-electron chi connectivity index (χ3n) is 3.51. The van der Waals surface area contributed by atoms with Crippen LogP contribution < -0.4 is 0 Å². The molecule has 1 N–H and O–H groups in total. The average molecular weight is 266 g/mol. The Balaban J connectivity index is 1.71. The van der Waals surface area contributed by atoms with Crippen molar-refractivity contribution in [3.63, 3.8) is 0 Å². The van der Waals surface area contributed by atoms with E-state index in [1.54, 1.807) is 11.9 Å². The molecule has 2 rings (SSSR count). The van der Waals surface area contributed by atoms with Crippen LogP contribution in [0.5, 0.6) is 0 Å².